The molecule has 3 N–H and O–H groups in total. The summed E-state index contributed by atoms with van der Waals surface area (Å²) in [6.45, 7) is 1.49. The van der Waals surface area contributed by atoms with Crippen LogP contribution in [0.3, 0.4) is 0 Å². The maximum atomic E-state index is 11.7. The molecule has 0 radical (unpaired) electrons. The fourth-order valence-corrected chi connectivity index (χ4v) is 2.18. The van der Waals surface area contributed by atoms with E-state index in [0.29, 0.717) is 13.0 Å². The van der Waals surface area contributed by atoms with E-state index < -0.39 is 6.04 Å². The fourth-order valence-electron chi connectivity index (χ4n) is 2.18. The summed E-state index contributed by atoms with van der Waals surface area (Å²) >= 11 is 0. The molecular formula is C16H22N4O2. The minimum absolute atomic E-state index is 0.206. The number of rotatable bonds is 8. The SMILES string of the molecule is COCC(N)C(=O)NCCc1nccn1Cc1ccccc1. The number of hydrogen-bond acceptors (Lipinski definition) is 4. The van der Waals surface area contributed by atoms with Crippen LogP contribution in [0.15, 0.2) is 42.7 Å². The van der Waals surface area contributed by atoms with Crippen molar-refractivity contribution in [3.05, 3.63) is 54.1 Å². The van der Waals surface area contributed by atoms with Crippen LogP contribution in [-0.4, -0.2) is 41.8 Å². The Bertz CT molecular complexity index is 583. The lowest BCUT2D eigenvalue weighted by Gasteiger charge is -2.12. The number of nitrogens with zero attached hydrogens (tertiary/aromatic N) is 2. The van der Waals surface area contributed by atoms with Crippen molar-refractivity contribution in [2.75, 3.05) is 20.3 Å². The van der Waals surface area contributed by atoms with Crippen LogP contribution in [0.4, 0.5) is 0 Å². The third-order valence-corrected chi connectivity index (χ3v) is 3.33. The summed E-state index contributed by atoms with van der Waals surface area (Å²) in [5.74, 6) is 0.729. The highest BCUT2D eigenvalue weighted by molar-refractivity contribution is 5.81. The summed E-state index contributed by atoms with van der Waals surface area (Å²) in [6, 6.07) is 9.56. The molecule has 0 aliphatic heterocycles. The first-order valence-electron chi connectivity index (χ1n) is 7.27. The number of hydrogen-bond donors (Lipinski definition) is 2. The molecule has 1 amide bonds. The van der Waals surface area contributed by atoms with E-state index >= 15 is 0 Å². The molecule has 118 valence electrons. The van der Waals surface area contributed by atoms with E-state index in [1.54, 1.807) is 6.20 Å². The minimum Gasteiger partial charge on any atom is -0.383 e. The zero-order chi connectivity index (χ0) is 15.8. The van der Waals surface area contributed by atoms with E-state index in [9.17, 15) is 4.79 Å². The van der Waals surface area contributed by atoms with Crippen molar-refractivity contribution in [1.82, 2.24) is 14.9 Å². The van der Waals surface area contributed by atoms with Gasteiger partial charge in [-0.15, -0.1) is 0 Å². The predicted molar refractivity (Wildman–Crippen MR) is 84.3 cm³/mol. The number of carbonyl (C=O) groups is 1. The molecule has 1 atom stereocenters. The molecule has 1 aromatic carbocycles. The highest BCUT2D eigenvalue weighted by Gasteiger charge is 2.12. The van der Waals surface area contributed by atoms with Crippen molar-refractivity contribution in [3.63, 3.8) is 0 Å². The lowest BCUT2D eigenvalue weighted by Crippen LogP contribution is -2.44. The third-order valence-electron chi connectivity index (χ3n) is 3.33. The number of imidazole rings is 1. The Balaban J connectivity index is 1.84. The molecule has 0 aliphatic carbocycles. The molecule has 1 unspecified atom stereocenters. The van der Waals surface area contributed by atoms with Crippen molar-refractivity contribution < 1.29 is 9.53 Å². The summed E-state index contributed by atoms with van der Waals surface area (Å²) in [5, 5.41) is 2.80. The topological polar surface area (TPSA) is 82.2 Å². The molecular weight excluding hydrogens is 280 g/mol. The van der Waals surface area contributed by atoms with E-state index in [1.165, 1.54) is 12.7 Å². The first-order chi connectivity index (χ1) is 10.7. The number of amides is 1. The van der Waals surface area contributed by atoms with Gasteiger partial charge >= 0.3 is 0 Å². The van der Waals surface area contributed by atoms with Crippen LogP contribution < -0.4 is 11.1 Å². The van der Waals surface area contributed by atoms with Gasteiger partial charge in [0.15, 0.2) is 0 Å². The smallest absolute Gasteiger partial charge is 0.239 e. The second-order valence-electron chi connectivity index (χ2n) is 5.06. The molecule has 2 aromatic rings. The van der Waals surface area contributed by atoms with Gasteiger partial charge in [-0.3, -0.25) is 4.79 Å². The molecule has 0 aliphatic rings. The Morgan fingerprint density at radius 1 is 1.41 bits per heavy atom. The number of ether oxygens (including phenoxy) is 1. The zero-order valence-electron chi connectivity index (χ0n) is 12.7. The molecule has 0 bridgehead atoms. The molecule has 0 fully saturated rings. The molecule has 2 rings (SSSR count). The summed E-state index contributed by atoms with van der Waals surface area (Å²) < 4.78 is 6.94. The van der Waals surface area contributed by atoms with Crippen LogP contribution in [0, 0.1) is 0 Å². The van der Waals surface area contributed by atoms with Gasteiger partial charge < -0.3 is 20.4 Å². The lowest BCUT2D eigenvalue weighted by molar-refractivity contribution is -0.123. The van der Waals surface area contributed by atoms with Gasteiger partial charge in [-0.1, -0.05) is 30.3 Å². The molecule has 1 heterocycles. The van der Waals surface area contributed by atoms with E-state index in [0.717, 1.165) is 12.4 Å². The maximum absolute atomic E-state index is 11.7. The third kappa shape index (κ3) is 4.68. The Hall–Kier alpha value is -2.18. The van der Waals surface area contributed by atoms with Crippen molar-refractivity contribution in [2.45, 2.75) is 19.0 Å². The van der Waals surface area contributed by atoms with Gasteiger partial charge in [-0.25, -0.2) is 4.98 Å². The highest BCUT2D eigenvalue weighted by Crippen LogP contribution is 2.05. The van der Waals surface area contributed by atoms with Crippen LogP contribution in [0.25, 0.3) is 0 Å². The Kier molecular flexibility index (Phi) is 6.12. The van der Waals surface area contributed by atoms with Crippen molar-refractivity contribution in [2.24, 2.45) is 5.73 Å². The summed E-state index contributed by atoms with van der Waals surface area (Å²) in [6.07, 6.45) is 4.38. The summed E-state index contributed by atoms with van der Waals surface area (Å²) in [5.41, 5.74) is 6.88. The number of carbonyl (C=O) groups excluding carboxylic acids is 1. The largest absolute Gasteiger partial charge is 0.383 e. The minimum atomic E-state index is -0.630. The van der Waals surface area contributed by atoms with Crippen LogP contribution in [0.1, 0.15) is 11.4 Å². The molecule has 22 heavy (non-hydrogen) atoms. The lowest BCUT2D eigenvalue weighted by atomic mass is 10.2. The number of aromatic nitrogens is 2. The average molecular weight is 302 g/mol. The Morgan fingerprint density at radius 3 is 2.91 bits per heavy atom. The fraction of sp³-hybridized carbons (Fsp3) is 0.375. The second-order valence-corrected chi connectivity index (χ2v) is 5.06. The van der Waals surface area contributed by atoms with Crippen LogP contribution in [0.2, 0.25) is 0 Å². The number of benzene rings is 1. The molecule has 0 saturated heterocycles. The quantitative estimate of drug-likeness (QED) is 0.746. The Labute approximate surface area is 130 Å². The number of methoxy groups -OCH3 is 1. The molecule has 6 nitrogen and oxygen atoms in total. The van der Waals surface area contributed by atoms with E-state index in [4.69, 9.17) is 10.5 Å². The van der Waals surface area contributed by atoms with Crippen molar-refractivity contribution in [3.8, 4) is 0 Å². The molecule has 0 spiro atoms. The van der Waals surface area contributed by atoms with Crippen LogP contribution >= 0.6 is 0 Å². The summed E-state index contributed by atoms with van der Waals surface area (Å²) in [7, 11) is 1.52. The second kappa shape index (κ2) is 8.31. The monoisotopic (exact) mass is 302 g/mol. The van der Waals surface area contributed by atoms with Gasteiger partial charge in [0.05, 0.1) is 6.61 Å². The van der Waals surface area contributed by atoms with E-state index in [-0.39, 0.29) is 12.5 Å². The van der Waals surface area contributed by atoms with Crippen LogP contribution in [-0.2, 0) is 22.5 Å². The van der Waals surface area contributed by atoms with Crippen LogP contribution in [0.5, 0.6) is 0 Å². The maximum Gasteiger partial charge on any atom is 0.239 e. The van der Waals surface area contributed by atoms with Gasteiger partial charge in [0, 0.05) is 39.0 Å². The van der Waals surface area contributed by atoms with Crippen molar-refractivity contribution in [1.29, 1.82) is 0 Å². The van der Waals surface area contributed by atoms with Gasteiger partial charge in [0.1, 0.15) is 11.9 Å². The van der Waals surface area contributed by atoms with E-state index in [2.05, 4.69) is 27.0 Å². The van der Waals surface area contributed by atoms with E-state index in [1.807, 2.05) is 24.4 Å². The normalized spacial score (nSPS) is 12.1. The van der Waals surface area contributed by atoms with Gasteiger partial charge in [0.25, 0.3) is 0 Å². The number of nitrogens with two attached hydrogens (primary N) is 1. The first-order valence-corrected chi connectivity index (χ1v) is 7.27. The molecule has 1 aromatic heterocycles. The number of nitrogens with one attached hydrogen (secondary N) is 1. The van der Waals surface area contributed by atoms with Gasteiger partial charge in [0.2, 0.25) is 5.91 Å². The highest BCUT2D eigenvalue weighted by atomic mass is 16.5. The Morgan fingerprint density at radius 2 is 2.18 bits per heavy atom. The molecule has 0 saturated carbocycles. The van der Waals surface area contributed by atoms with Crippen molar-refractivity contribution >= 4 is 5.91 Å². The van der Waals surface area contributed by atoms with Gasteiger partial charge in [-0.2, -0.15) is 0 Å². The summed E-state index contributed by atoms with van der Waals surface area (Å²) in [4.78, 5) is 16.0. The zero-order valence-corrected chi connectivity index (χ0v) is 12.7. The first kappa shape index (κ1) is 16.2. The molecule has 6 heteroatoms. The average Bonchev–Trinajstić information content (AvgIpc) is 2.95. The predicted octanol–water partition coefficient (Wildman–Crippen LogP) is 0.564. The standard InChI is InChI=1S/C16H22N4O2/c1-22-12-14(17)16(21)19-8-7-15-18-9-10-20(15)11-13-5-3-2-4-6-13/h2-6,9-10,14H,7-8,11-12,17H2,1H3,(H,19,21). The van der Waals surface area contributed by atoms with Gasteiger partial charge in [-0.05, 0) is 5.56 Å².